The highest BCUT2D eigenvalue weighted by atomic mass is 35.5. The number of urea groups is 1. The fraction of sp³-hybridized carbons (Fsp3) is 0.310. The summed E-state index contributed by atoms with van der Waals surface area (Å²) in [4.78, 5) is 35.4. The molecule has 0 unspecified atom stereocenters. The maximum absolute atomic E-state index is 13.1. The molecule has 41 heavy (non-hydrogen) atoms. The van der Waals surface area contributed by atoms with Gasteiger partial charge in [0.25, 0.3) is 5.91 Å². The fourth-order valence-electron chi connectivity index (χ4n) is 4.65. The van der Waals surface area contributed by atoms with Gasteiger partial charge >= 0.3 is 6.03 Å². The second-order valence-electron chi connectivity index (χ2n) is 11.1. The first-order valence-electron chi connectivity index (χ1n) is 13.2. The van der Waals surface area contributed by atoms with Gasteiger partial charge in [0.05, 0.1) is 15.9 Å². The third kappa shape index (κ3) is 5.92. The van der Waals surface area contributed by atoms with Gasteiger partial charge in [0.1, 0.15) is 5.76 Å². The van der Waals surface area contributed by atoms with E-state index in [-0.39, 0.29) is 23.7 Å². The molecule has 1 saturated heterocycles. The lowest BCUT2D eigenvalue weighted by Gasteiger charge is -2.32. The predicted molar refractivity (Wildman–Crippen MR) is 165 cm³/mol. The molecule has 6 rings (SSSR count). The lowest BCUT2D eigenvalue weighted by Crippen LogP contribution is -2.47. The number of carbonyl (C=O) groups excluding carboxylic acids is 2. The van der Waals surface area contributed by atoms with Crippen molar-refractivity contribution in [2.24, 2.45) is 0 Å². The number of imidazole rings is 1. The van der Waals surface area contributed by atoms with Crippen molar-refractivity contribution in [3.8, 4) is 11.3 Å². The normalized spacial score (nSPS) is 14.3. The highest BCUT2D eigenvalue weighted by Gasteiger charge is 2.22. The minimum absolute atomic E-state index is 0. The Kier molecular flexibility index (Phi) is 7.78. The van der Waals surface area contributed by atoms with Crippen molar-refractivity contribution in [3.05, 3.63) is 66.1 Å². The summed E-state index contributed by atoms with van der Waals surface area (Å²) >= 11 is 1.59. The van der Waals surface area contributed by atoms with Crippen molar-refractivity contribution in [1.29, 1.82) is 0 Å². The maximum Gasteiger partial charge on any atom is 0.324 e. The molecular weight excluding hydrogens is 562 g/mol. The van der Waals surface area contributed by atoms with E-state index in [2.05, 4.69) is 27.7 Å². The number of fused-ring (bicyclic) bond motifs is 3. The van der Waals surface area contributed by atoms with Crippen LogP contribution in [-0.2, 0) is 5.41 Å². The van der Waals surface area contributed by atoms with Crippen LogP contribution >= 0.6 is 23.7 Å². The van der Waals surface area contributed by atoms with Crippen LogP contribution in [0.5, 0.6) is 0 Å². The second-order valence-corrected chi connectivity index (χ2v) is 12.2. The quantitative estimate of drug-likeness (QED) is 0.266. The van der Waals surface area contributed by atoms with Crippen LogP contribution in [0.3, 0.4) is 0 Å². The first kappa shape index (κ1) is 28.6. The van der Waals surface area contributed by atoms with Crippen molar-refractivity contribution in [2.75, 3.05) is 43.9 Å². The molecule has 2 aromatic carbocycles. The number of nitrogens with one attached hydrogen (secondary N) is 2. The molecule has 3 aromatic heterocycles. The number of nitrogens with zero attached hydrogens (tertiary/aromatic N) is 5. The number of likely N-dealkylation sites (N-methyl/N-ethyl adjacent to an activating group) is 1. The number of thiazole rings is 1. The van der Waals surface area contributed by atoms with Gasteiger partial charge in [0.15, 0.2) is 10.8 Å². The van der Waals surface area contributed by atoms with E-state index in [1.807, 2.05) is 78.7 Å². The molecule has 10 nitrogen and oxygen atoms in total. The molecule has 0 radical (unpaired) electrons. The van der Waals surface area contributed by atoms with Gasteiger partial charge in [-0.25, -0.2) is 9.78 Å². The van der Waals surface area contributed by atoms with Crippen LogP contribution in [-0.4, -0.2) is 69.5 Å². The second kappa shape index (κ2) is 11.2. The molecule has 1 aliphatic heterocycles. The number of anilines is 2. The smallest absolute Gasteiger partial charge is 0.324 e. The fourth-order valence-corrected chi connectivity index (χ4v) is 5.64. The van der Waals surface area contributed by atoms with Crippen LogP contribution in [0.4, 0.5) is 16.3 Å². The Labute approximate surface area is 247 Å². The van der Waals surface area contributed by atoms with E-state index >= 15 is 0 Å². The average molecular weight is 594 g/mol. The number of aromatic nitrogens is 3. The summed E-state index contributed by atoms with van der Waals surface area (Å²) in [6.45, 7) is 9.30. The minimum atomic E-state index is -0.405. The molecule has 0 aliphatic carbocycles. The van der Waals surface area contributed by atoms with E-state index in [9.17, 15) is 9.59 Å². The van der Waals surface area contributed by atoms with E-state index in [4.69, 9.17) is 9.51 Å². The summed E-state index contributed by atoms with van der Waals surface area (Å²) in [6, 6.07) is 14.7. The molecule has 2 N–H and O–H groups in total. The first-order valence-corrected chi connectivity index (χ1v) is 14.0. The van der Waals surface area contributed by atoms with Gasteiger partial charge in [-0.2, -0.15) is 0 Å². The number of amides is 3. The zero-order valence-corrected chi connectivity index (χ0v) is 24.9. The van der Waals surface area contributed by atoms with Gasteiger partial charge in [0.2, 0.25) is 0 Å². The minimum Gasteiger partial charge on any atom is -0.359 e. The molecule has 214 valence electrons. The lowest BCUT2D eigenvalue weighted by atomic mass is 9.93. The highest BCUT2D eigenvalue weighted by molar-refractivity contribution is 7.23. The molecular formula is C29H32ClN7O3S. The van der Waals surface area contributed by atoms with Crippen LogP contribution < -0.4 is 10.6 Å². The predicted octanol–water partition coefficient (Wildman–Crippen LogP) is 5.95. The molecule has 0 bridgehead atoms. The van der Waals surface area contributed by atoms with E-state index in [1.54, 1.807) is 17.4 Å². The van der Waals surface area contributed by atoms with Gasteiger partial charge in [-0.1, -0.05) is 49.4 Å². The van der Waals surface area contributed by atoms with E-state index in [0.29, 0.717) is 22.8 Å². The number of carbonyl (C=O) groups is 2. The average Bonchev–Trinajstić information content (AvgIpc) is 3.64. The topological polar surface area (TPSA) is 108 Å². The van der Waals surface area contributed by atoms with Gasteiger partial charge in [-0.05, 0) is 37.4 Å². The Balaban J connectivity index is 0.00000337. The monoisotopic (exact) mass is 593 g/mol. The summed E-state index contributed by atoms with van der Waals surface area (Å²) in [5, 5.41) is 9.43. The number of halogens is 1. The molecule has 0 atom stereocenters. The molecule has 0 saturated carbocycles. The Bertz CT molecular complexity index is 1710. The summed E-state index contributed by atoms with van der Waals surface area (Å²) < 4.78 is 8.44. The van der Waals surface area contributed by atoms with Crippen molar-refractivity contribution in [3.63, 3.8) is 0 Å². The maximum atomic E-state index is 13.1. The van der Waals surface area contributed by atoms with E-state index < -0.39 is 6.03 Å². The third-order valence-corrected chi connectivity index (χ3v) is 8.10. The number of hydrogen-bond donors (Lipinski definition) is 2. The third-order valence-electron chi connectivity index (χ3n) is 7.06. The highest BCUT2D eigenvalue weighted by Crippen LogP contribution is 2.31. The van der Waals surface area contributed by atoms with Crippen LogP contribution in [0.15, 0.2) is 59.3 Å². The number of piperazine rings is 1. The first-order chi connectivity index (χ1) is 19.1. The molecule has 1 fully saturated rings. The Morgan fingerprint density at radius 2 is 1.71 bits per heavy atom. The van der Waals surface area contributed by atoms with Crippen LogP contribution in [0.25, 0.3) is 26.4 Å². The molecule has 0 spiro atoms. The standard InChI is InChI=1S/C29H31N7O3S.ClH/c1-29(2,3)24-16-25(33-39-24)32-27(38)30-20-8-5-18(6-9-20)21-17-36-22-15-19(7-10-23(22)40-28(36)31-21)26(37)35-13-11-34(4)12-14-35;/h5-10,15-17H,11-14H2,1-4H3,(H2,30,32,33,38);1H. The van der Waals surface area contributed by atoms with Gasteiger partial charge in [-0.3, -0.25) is 14.5 Å². The van der Waals surface area contributed by atoms with Crippen molar-refractivity contribution in [2.45, 2.75) is 26.2 Å². The van der Waals surface area contributed by atoms with Gasteiger partial charge in [0, 0.05) is 60.7 Å². The Morgan fingerprint density at radius 1 is 0.976 bits per heavy atom. The largest absolute Gasteiger partial charge is 0.359 e. The molecule has 5 aromatic rings. The van der Waals surface area contributed by atoms with Crippen LogP contribution in [0.1, 0.15) is 36.9 Å². The summed E-state index contributed by atoms with van der Waals surface area (Å²) in [7, 11) is 2.08. The van der Waals surface area contributed by atoms with Gasteiger partial charge in [-0.15, -0.1) is 12.4 Å². The number of hydrogen-bond acceptors (Lipinski definition) is 7. The molecule has 1 aliphatic rings. The summed E-state index contributed by atoms with van der Waals surface area (Å²) in [5.41, 5.74) is 3.84. The number of benzene rings is 2. The lowest BCUT2D eigenvalue weighted by molar-refractivity contribution is 0.0664. The molecule has 12 heteroatoms. The van der Waals surface area contributed by atoms with Crippen molar-refractivity contribution < 1.29 is 14.1 Å². The van der Waals surface area contributed by atoms with Crippen molar-refractivity contribution >= 4 is 62.4 Å². The summed E-state index contributed by atoms with van der Waals surface area (Å²) in [5.74, 6) is 1.12. The zero-order valence-electron chi connectivity index (χ0n) is 23.3. The number of rotatable bonds is 4. The van der Waals surface area contributed by atoms with Crippen molar-refractivity contribution in [1.82, 2.24) is 24.3 Å². The Hall–Kier alpha value is -3.93. The zero-order chi connectivity index (χ0) is 28.0. The van der Waals surface area contributed by atoms with Gasteiger partial charge < -0.3 is 19.6 Å². The van der Waals surface area contributed by atoms with Crippen LogP contribution in [0.2, 0.25) is 0 Å². The molecule has 4 heterocycles. The van der Waals surface area contributed by atoms with Crippen LogP contribution in [0, 0.1) is 0 Å². The molecule has 3 amide bonds. The SMILES string of the molecule is CN1CCN(C(=O)c2ccc3sc4nc(-c5ccc(NC(=O)Nc6cc(C(C)(C)C)on6)cc5)cn4c3c2)CC1.Cl. The van der Waals surface area contributed by atoms with E-state index in [1.165, 1.54) is 0 Å². The Morgan fingerprint density at radius 3 is 2.39 bits per heavy atom. The summed E-state index contributed by atoms with van der Waals surface area (Å²) in [6.07, 6.45) is 1.99. The van der Waals surface area contributed by atoms with E-state index in [0.717, 1.165) is 52.6 Å².